The van der Waals surface area contributed by atoms with Crippen molar-refractivity contribution in [1.82, 2.24) is 24.2 Å². The number of thiazole rings is 1. The monoisotopic (exact) mass is 508 g/mol. The molecule has 1 aliphatic carbocycles. The molecule has 8 nitrogen and oxygen atoms in total. The summed E-state index contributed by atoms with van der Waals surface area (Å²) in [5.74, 6) is -0.980. The highest BCUT2D eigenvalue weighted by Gasteiger charge is 2.39. The molecule has 0 spiro atoms. The Hall–Kier alpha value is -1.90. The van der Waals surface area contributed by atoms with Crippen molar-refractivity contribution in [2.75, 3.05) is 31.7 Å². The lowest BCUT2D eigenvalue weighted by atomic mass is 10.1. The van der Waals surface area contributed by atoms with Crippen LogP contribution in [0.25, 0.3) is 10.6 Å². The molecular weight excluding hydrogens is 484 g/mol. The number of halogens is 4. The zero-order chi connectivity index (χ0) is 24.0. The van der Waals surface area contributed by atoms with Crippen LogP contribution in [-0.2, 0) is 22.7 Å². The van der Waals surface area contributed by atoms with E-state index in [0.717, 1.165) is 36.6 Å². The number of hydrogen-bond donors (Lipinski definition) is 1. The number of alkyl halides is 3. The van der Waals surface area contributed by atoms with E-state index in [2.05, 4.69) is 20.3 Å². The van der Waals surface area contributed by atoms with Crippen LogP contribution in [0, 0.1) is 5.82 Å². The lowest BCUT2D eigenvalue weighted by Crippen LogP contribution is -2.42. The number of hydrogen-bond acceptors (Lipinski definition) is 8. The Morgan fingerprint density at radius 3 is 2.45 bits per heavy atom. The summed E-state index contributed by atoms with van der Waals surface area (Å²) >= 11 is 0.781. The smallest absolute Gasteiger partial charge is 0.351 e. The van der Waals surface area contributed by atoms with Crippen LogP contribution in [-0.4, -0.2) is 71.1 Å². The number of piperidine rings is 1. The number of nitrogens with one attached hydrogen (secondary N) is 1. The van der Waals surface area contributed by atoms with Crippen molar-refractivity contribution in [1.29, 1.82) is 0 Å². The fourth-order valence-electron chi connectivity index (χ4n) is 3.75. The topological polar surface area (TPSA) is 91.3 Å². The summed E-state index contributed by atoms with van der Waals surface area (Å²) in [5, 5.41) is 3.24. The summed E-state index contributed by atoms with van der Waals surface area (Å²) in [6, 6.07) is 0.153. The zero-order valence-corrected chi connectivity index (χ0v) is 19.7. The minimum Gasteiger partial charge on any atom is -0.351 e. The Balaban J connectivity index is 1.56. The van der Waals surface area contributed by atoms with Gasteiger partial charge in [0.05, 0.1) is 23.9 Å². The molecule has 182 valence electrons. The SMILES string of the molecule is CN(Cc1nc(C(F)(F)F)c(-c2nc(NC3CCN(S(C)(=O)=O)CC3)ncc2F)s1)C1CC1. The molecule has 33 heavy (non-hydrogen) atoms. The third-order valence-corrected chi connectivity index (χ3v) is 8.06. The Labute approximate surface area is 193 Å². The van der Waals surface area contributed by atoms with Gasteiger partial charge in [0.2, 0.25) is 16.0 Å². The highest BCUT2D eigenvalue weighted by molar-refractivity contribution is 7.88. The first-order valence-corrected chi connectivity index (χ1v) is 13.1. The average molecular weight is 509 g/mol. The van der Waals surface area contributed by atoms with Gasteiger partial charge in [-0.05, 0) is 32.7 Å². The Morgan fingerprint density at radius 2 is 1.88 bits per heavy atom. The van der Waals surface area contributed by atoms with Crippen molar-refractivity contribution in [3.05, 3.63) is 22.7 Å². The predicted octanol–water partition coefficient (Wildman–Crippen LogP) is 3.19. The molecule has 0 bridgehead atoms. The lowest BCUT2D eigenvalue weighted by Gasteiger charge is -2.30. The predicted molar refractivity (Wildman–Crippen MR) is 116 cm³/mol. The second kappa shape index (κ2) is 9.04. The molecule has 2 fully saturated rings. The molecule has 1 N–H and O–H groups in total. The van der Waals surface area contributed by atoms with Gasteiger partial charge in [0, 0.05) is 25.2 Å². The Kier molecular flexibility index (Phi) is 6.64. The fraction of sp³-hybridized carbons (Fsp3) is 0.632. The van der Waals surface area contributed by atoms with Gasteiger partial charge in [-0.25, -0.2) is 32.1 Å². The molecule has 1 saturated heterocycles. The van der Waals surface area contributed by atoms with E-state index in [1.807, 2.05) is 11.9 Å². The summed E-state index contributed by atoms with van der Waals surface area (Å²) in [6.45, 7) is 0.847. The third-order valence-electron chi connectivity index (χ3n) is 5.71. The van der Waals surface area contributed by atoms with E-state index in [1.165, 1.54) is 4.31 Å². The molecule has 0 radical (unpaired) electrons. The second-order valence-electron chi connectivity index (χ2n) is 8.40. The van der Waals surface area contributed by atoms with E-state index in [0.29, 0.717) is 32.0 Å². The van der Waals surface area contributed by atoms with Gasteiger partial charge in [-0.2, -0.15) is 13.2 Å². The number of aromatic nitrogens is 3. The first kappa shape index (κ1) is 24.2. The molecule has 4 rings (SSSR count). The molecule has 0 atom stereocenters. The molecule has 3 heterocycles. The summed E-state index contributed by atoms with van der Waals surface area (Å²) < 4.78 is 80.3. The van der Waals surface area contributed by atoms with Crippen LogP contribution in [0.15, 0.2) is 6.20 Å². The lowest BCUT2D eigenvalue weighted by molar-refractivity contribution is -0.140. The molecule has 1 saturated carbocycles. The Bertz CT molecular complexity index is 1110. The number of nitrogens with zero attached hydrogens (tertiary/aromatic N) is 5. The van der Waals surface area contributed by atoms with Crippen LogP contribution in [0.3, 0.4) is 0 Å². The molecule has 14 heteroatoms. The van der Waals surface area contributed by atoms with Gasteiger partial charge in [0.1, 0.15) is 10.7 Å². The van der Waals surface area contributed by atoms with E-state index in [4.69, 9.17) is 0 Å². The van der Waals surface area contributed by atoms with Gasteiger partial charge in [-0.1, -0.05) is 0 Å². The van der Waals surface area contributed by atoms with Gasteiger partial charge < -0.3 is 5.32 Å². The van der Waals surface area contributed by atoms with Crippen LogP contribution in [0.1, 0.15) is 36.4 Å². The Morgan fingerprint density at radius 1 is 1.21 bits per heavy atom. The zero-order valence-electron chi connectivity index (χ0n) is 18.1. The fourth-order valence-corrected chi connectivity index (χ4v) is 5.77. The van der Waals surface area contributed by atoms with Crippen molar-refractivity contribution in [3.8, 4) is 10.6 Å². The quantitative estimate of drug-likeness (QED) is 0.575. The van der Waals surface area contributed by atoms with E-state index >= 15 is 0 Å². The third kappa shape index (κ3) is 5.78. The first-order valence-electron chi connectivity index (χ1n) is 10.4. The molecule has 2 aromatic heterocycles. The molecule has 1 aliphatic heterocycles. The first-order chi connectivity index (χ1) is 15.4. The average Bonchev–Trinajstić information content (AvgIpc) is 3.49. The van der Waals surface area contributed by atoms with E-state index in [-0.39, 0.29) is 28.4 Å². The maximum atomic E-state index is 14.6. The highest BCUT2D eigenvalue weighted by Crippen LogP contribution is 2.41. The number of sulfonamides is 1. The molecule has 0 amide bonds. The van der Waals surface area contributed by atoms with Crippen molar-refractivity contribution in [3.63, 3.8) is 0 Å². The van der Waals surface area contributed by atoms with E-state index in [1.54, 1.807) is 0 Å². The van der Waals surface area contributed by atoms with Crippen LogP contribution >= 0.6 is 11.3 Å². The van der Waals surface area contributed by atoms with Gasteiger partial charge in [0.15, 0.2) is 11.5 Å². The van der Waals surface area contributed by atoms with Crippen LogP contribution in [0.5, 0.6) is 0 Å². The van der Waals surface area contributed by atoms with E-state index < -0.39 is 33.4 Å². The number of anilines is 1. The molecule has 2 aromatic rings. The minimum atomic E-state index is -4.76. The number of rotatable bonds is 7. The van der Waals surface area contributed by atoms with Gasteiger partial charge in [0.25, 0.3) is 0 Å². The maximum Gasteiger partial charge on any atom is 0.434 e. The summed E-state index contributed by atoms with van der Waals surface area (Å²) in [7, 11) is -1.46. The van der Waals surface area contributed by atoms with Crippen molar-refractivity contribution < 1.29 is 26.0 Å². The highest BCUT2D eigenvalue weighted by atomic mass is 32.2. The van der Waals surface area contributed by atoms with Crippen LogP contribution in [0.2, 0.25) is 0 Å². The van der Waals surface area contributed by atoms with Gasteiger partial charge >= 0.3 is 6.18 Å². The van der Waals surface area contributed by atoms with Gasteiger partial charge in [-0.3, -0.25) is 4.90 Å². The molecule has 0 aromatic carbocycles. The maximum absolute atomic E-state index is 14.6. The summed E-state index contributed by atoms with van der Waals surface area (Å²) in [6.07, 6.45) is 0.154. The minimum absolute atomic E-state index is 0.0117. The largest absolute Gasteiger partial charge is 0.434 e. The van der Waals surface area contributed by atoms with Crippen molar-refractivity contribution in [2.24, 2.45) is 0 Å². The molecular formula is C19H24F4N6O2S2. The standard InChI is InChI=1S/C19H24F4N6O2S2/c1-28(12-3-4-12)10-14-26-17(19(21,22)23)16(32-14)15-13(20)9-24-18(27-15)25-11-5-7-29(8-6-11)33(2,30)31/h9,11-12H,3-8,10H2,1-2H3,(H,24,25,27). The second-order valence-corrected chi connectivity index (χ2v) is 11.5. The van der Waals surface area contributed by atoms with Crippen LogP contribution < -0.4 is 5.32 Å². The molecule has 0 unspecified atom stereocenters. The van der Waals surface area contributed by atoms with Crippen LogP contribution in [0.4, 0.5) is 23.5 Å². The van der Waals surface area contributed by atoms with E-state index in [9.17, 15) is 26.0 Å². The molecule has 2 aliphatic rings. The summed E-state index contributed by atoms with van der Waals surface area (Å²) in [5.41, 5.74) is -1.61. The normalized spacial score (nSPS) is 18.8. The van der Waals surface area contributed by atoms with Crippen molar-refractivity contribution in [2.45, 2.75) is 50.5 Å². The van der Waals surface area contributed by atoms with Crippen molar-refractivity contribution >= 4 is 27.3 Å². The van der Waals surface area contributed by atoms with Gasteiger partial charge in [-0.15, -0.1) is 11.3 Å². The summed E-state index contributed by atoms with van der Waals surface area (Å²) in [4.78, 5) is 13.2.